The molecule has 1 atom stereocenters. The molecule has 1 unspecified atom stereocenters. The fourth-order valence-electron chi connectivity index (χ4n) is 1.22. The molecule has 1 heterocycles. The van der Waals surface area contributed by atoms with E-state index >= 15 is 0 Å². The van der Waals surface area contributed by atoms with Gasteiger partial charge in [-0.1, -0.05) is 13.8 Å². The zero-order valence-electron chi connectivity index (χ0n) is 9.90. The topological polar surface area (TPSA) is 47.0 Å². The fourth-order valence-corrected chi connectivity index (χ4v) is 1.65. The highest BCUT2D eigenvalue weighted by Crippen LogP contribution is 2.15. The molecule has 90 valence electrons. The van der Waals surface area contributed by atoms with E-state index in [-0.39, 0.29) is 6.04 Å². The monoisotopic (exact) mass is 243 g/mol. The predicted octanol–water partition coefficient (Wildman–Crippen LogP) is 2.55. The van der Waals surface area contributed by atoms with Crippen molar-refractivity contribution in [2.24, 2.45) is 5.92 Å². The van der Waals surface area contributed by atoms with Crippen LogP contribution in [0.4, 0.5) is 5.82 Å². The Morgan fingerprint density at radius 2 is 2.19 bits per heavy atom. The third kappa shape index (κ3) is 3.85. The molecule has 0 bridgehead atoms. The number of rotatable bonds is 6. The molecule has 1 N–H and O–H groups in total. The molecule has 0 radical (unpaired) electrons. The van der Waals surface area contributed by atoms with Gasteiger partial charge in [0.1, 0.15) is 12.1 Å². The van der Waals surface area contributed by atoms with Crippen LogP contribution >= 0.6 is 11.6 Å². The van der Waals surface area contributed by atoms with E-state index in [1.54, 1.807) is 6.07 Å². The molecule has 1 aromatic rings. The maximum Gasteiger partial charge on any atom is 0.218 e. The number of hydrogen-bond donors (Lipinski definition) is 1. The molecule has 0 aliphatic carbocycles. The highest BCUT2D eigenvalue weighted by molar-refractivity contribution is 6.18. The van der Waals surface area contributed by atoms with Gasteiger partial charge in [-0.25, -0.2) is 9.97 Å². The Bertz CT molecular complexity index is 320. The molecular weight excluding hydrogens is 226 g/mol. The summed E-state index contributed by atoms with van der Waals surface area (Å²) < 4.78 is 5.30. The van der Waals surface area contributed by atoms with E-state index in [0.29, 0.717) is 24.3 Å². The second-order valence-corrected chi connectivity index (χ2v) is 4.13. The van der Waals surface area contributed by atoms with E-state index in [2.05, 4.69) is 29.1 Å². The number of nitrogens with zero attached hydrogens (tertiary/aromatic N) is 2. The van der Waals surface area contributed by atoms with Gasteiger partial charge in [-0.15, -0.1) is 11.6 Å². The molecule has 0 aromatic carbocycles. The van der Waals surface area contributed by atoms with Gasteiger partial charge in [0, 0.05) is 18.0 Å². The van der Waals surface area contributed by atoms with Gasteiger partial charge in [-0.3, -0.25) is 0 Å². The van der Waals surface area contributed by atoms with Gasteiger partial charge >= 0.3 is 0 Å². The van der Waals surface area contributed by atoms with Crippen LogP contribution in [0.15, 0.2) is 12.4 Å². The summed E-state index contributed by atoms with van der Waals surface area (Å²) >= 11 is 5.88. The summed E-state index contributed by atoms with van der Waals surface area (Å²) in [6.07, 6.45) is 1.49. The van der Waals surface area contributed by atoms with Crippen LogP contribution in [0, 0.1) is 5.92 Å². The molecule has 0 aliphatic heterocycles. The highest BCUT2D eigenvalue weighted by atomic mass is 35.5. The van der Waals surface area contributed by atoms with Gasteiger partial charge < -0.3 is 10.1 Å². The standard InChI is InChI=1S/C11H18ClN3O/c1-4-16-11-5-10(13-7-14-11)15-9(6-12)8(2)3/h5,7-9H,4,6H2,1-3H3,(H,13,14,15). The van der Waals surface area contributed by atoms with Gasteiger partial charge in [0.05, 0.1) is 6.61 Å². The van der Waals surface area contributed by atoms with Crippen molar-refractivity contribution in [3.63, 3.8) is 0 Å². The Hall–Kier alpha value is -1.03. The van der Waals surface area contributed by atoms with E-state index in [1.165, 1.54) is 6.33 Å². The minimum Gasteiger partial charge on any atom is -0.478 e. The van der Waals surface area contributed by atoms with Crippen LogP contribution in [-0.4, -0.2) is 28.5 Å². The average Bonchev–Trinajstić information content (AvgIpc) is 2.26. The van der Waals surface area contributed by atoms with Crippen molar-refractivity contribution in [1.29, 1.82) is 0 Å². The zero-order chi connectivity index (χ0) is 12.0. The van der Waals surface area contributed by atoms with Crippen LogP contribution in [0.2, 0.25) is 0 Å². The summed E-state index contributed by atoms with van der Waals surface area (Å²) in [5.41, 5.74) is 0. The minimum absolute atomic E-state index is 0.200. The van der Waals surface area contributed by atoms with Crippen LogP contribution in [0.1, 0.15) is 20.8 Å². The highest BCUT2D eigenvalue weighted by Gasteiger charge is 2.12. The smallest absolute Gasteiger partial charge is 0.218 e. The van der Waals surface area contributed by atoms with E-state index in [9.17, 15) is 0 Å². The quantitative estimate of drug-likeness (QED) is 0.780. The van der Waals surface area contributed by atoms with Crippen molar-refractivity contribution in [1.82, 2.24) is 9.97 Å². The molecule has 4 nitrogen and oxygen atoms in total. The molecule has 0 spiro atoms. The molecular formula is C11H18ClN3O. The first kappa shape index (κ1) is 13.0. The van der Waals surface area contributed by atoms with Crippen molar-refractivity contribution in [3.8, 4) is 5.88 Å². The van der Waals surface area contributed by atoms with Gasteiger partial charge in [-0.05, 0) is 12.8 Å². The number of halogens is 1. The SMILES string of the molecule is CCOc1cc(NC(CCl)C(C)C)ncn1. The molecule has 1 rings (SSSR count). The number of aromatic nitrogens is 2. The minimum atomic E-state index is 0.200. The van der Waals surface area contributed by atoms with Crippen LogP contribution in [0.25, 0.3) is 0 Å². The second-order valence-electron chi connectivity index (χ2n) is 3.82. The fraction of sp³-hybridized carbons (Fsp3) is 0.636. The Balaban J connectivity index is 2.68. The Labute approximate surface area is 101 Å². The van der Waals surface area contributed by atoms with Crippen molar-refractivity contribution < 1.29 is 4.74 Å². The maximum absolute atomic E-state index is 5.88. The molecule has 0 amide bonds. The third-order valence-corrected chi connectivity index (χ3v) is 2.57. The lowest BCUT2D eigenvalue weighted by Gasteiger charge is -2.20. The lowest BCUT2D eigenvalue weighted by molar-refractivity contribution is 0.326. The number of anilines is 1. The number of nitrogens with one attached hydrogen (secondary N) is 1. The summed E-state index contributed by atoms with van der Waals surface area (Å²) in [6, 6.07) is 1.98. The number of ether oxygens (including phenoxy) is 1. The first-order valence-electron chi connectivity index (χ1n) is 5.44. The van der Waals surface area contributed by atoms with Gasteiger partial charge in [0.25, 0.3) is 0 Å². The van der Waals surface area contributed by atoms with E-state index in [1.807, 2.05) is 6.92 Å². The number of hydrogen-bond acceptors (Lipinski definition) is 4. The first-order chi connectivity index (χ1) is 7.67. The second kappa shape index (κ2) is 6.53. The van der Waals surface area contributed by atoms with Gasteiger partial charge in [-0.2, -0.15) is 0 Å². The number of alkyl halides is 1. The molecule has 5 heteroatoms. The third-order valence-electron chi connectivity index (χ3n) is 2.24. The molecule has 0 aliphatic rings. The lowest BCUT2D eigenvalue weighted by Crippen LogP contribution is -2.27. The Kier molecular flexibility index (Phi) is 5.32. The zero-order valence-corrected chi connectivity index (χ0v) is 10.7. The summed E-state index contributed by atoms with van der Waals surface area (Å²) in [4.78, 5) is 8.13. The molecule has 1 aromatic heterocycles. The molecule has 0 fully saturated rings. The summed E-state index contributed by atoms with van der Waals surface area (Å²) in [6.45, 7) is 6.75. The van der Waals surface area contributed by atoms with Crippen molar-refractivity contribution in [2.75, 3.05) is 17.8 Å². The van der Waals surface area contributed by atoms with E-state index < -0.39 is 0 Å². The van der Waals surface area contributed by atoms with Crippen LogP contribution in [-0.2, 0) is 0 Å². The van der Waals surface area contributed by atoms with Crippen LogP contribution < -0.4 is 10.1 Å². The van der Waals surface area contributed by atoms with Gasteiger partial charge in [0.2, 0.25) is 5.88 Å². The van der Waals surface area contributed by atoms with Crippen LogP contribution in [0.3, 0.4) is 0 Å². The van der Waals surface area contributed by atoms with Crippen molar-refractivity contribution in [2.45, 2.75) is 26.8 Å². The largest absolute Gasteiger partial charge is 0.478 e. The normalized spacial score (nSPS) is 12.6. The summed E-state index contributed by atoms with van der Waals surface area (Å²) in [5, 5.41) is 3.26. The van der Waals surface area contributed by atoms with Crippen molar-refractivity contribution >= 4 is 17.4 Å². The van der Waals surface area contributed by atoms with Crippen LogP contribution in [0.5, 0.6) is 5.88 Å². The summed E-state index contributed by atoms with van der Waals surface area (Å²) in [5.74, 6) is 2.32. The molecule has 0 saturated carbocycles. The Morgan fingerprint density at radius 1 is 1.44 bits per heavy atom. The first-order valence-corrected chi connectivity index (χ1v) is 5.98. The lowest BCUT2D eigenvalue weighted by atomic mass is 10.1. The Morgan fingerprint density at radius 3 is 2.75 bits per heavy atom. The van der Waals surface area contributed by atoms with E-state index in [0.717, 1.165) is 5.82 Å². The average molecular weight is 244 g/mol. The van der Waals surface area contributed by atoms with E-state index in [4.69, 9.17) is 16.3 Å². The predicted molar refractivity (Wildman–Crippen MR) is 66.2 cm³/mol. The molecule has 16 heavy (non-hydrogen) atoms. The molecule has 0 saturated heterocycles. The van der Waals surface area contributed by atoms with Gasteiger partial charge in [0.15, 0.2) is 0 Å². The summed E-state index contributed by atoms with van der Waals surface area (Å²) in [7, 11) is 0. The maximum atomic E-state index is 5.88. The van der Waals surface area contributed by atoms with Crippen molar-refractivity contribution in [3.05, 3.63) is 12.4 Å².